The van der Waals surface area contributed by atoms with E-state index in [-0.39, 0.29) is 23.8 Å². The third-order valence-corrected chi connectivity index (χ3v) is 5.31. The average Bonchev–Trinajstić information content (AvgIpc) is 3.20. The first kappa shape index (κ1) is 16.3. The lowest BCUT2D eigenvalue weighted by Crippen LogP contribution is -2.41. The molecule has 25 heavy (non-hydrogen) atoms. The zero-order chi connectivity index (χ0) is 17.4. The molecule has 0 unspecified atom stereocenters. The third kappa shape index (κ3) is 2.84. The van der Waals surface area contributed by atoms with Gasteiger partial charge in [-0.15, -0.1) is 0 Å². The number of nitrogens with one attached hydrogen (secondary N) is 1. The van der Waals surface area contributed by atoms with Gasteiger partial charge in [0.05, 0.1) is 17.9 Å². The first-order valence-electron chi connectivity index (χ1n) is 9.05. The van der Waals surface area contributed by atoms with E-state index in [9.17, 15) is 9.18 Å². The van der Waals surface area contributed by atoms with Gasteiger partial charge in [0.15, 0.2) is 0 Å². The smallest absolute Gasteiger partial charge is 0.244 e. The molecule has 1 fully saturated rings. The van der Waals surface area contributed by atoms with Crippen LogP contribution in [-0.4, -0.2) is 28.3 Å². The number of carbonyl (C=O) groups is 1. The van der Waals surface area contributed by atoms with Gasteiger partial charge < -0.3 is 4.90 Å². The molecule has 2 heterocycles. The molecule has 1 saturated heterocycles. The highest BCUT2D eigenvalue weighted by molar-refractivity contribution is 5.99. The summed E-state index contributed by atoms with van der Waals surface area (Å²) in [6, 6.07) is 6.36. The maximum absolute atomic E-state index is 14.0. The van der Waals surface area contributed by atoms with Crippen molar-refractivity contribution < 1.29 is 9.18 Å². The SMILES string of the molecule is CCn1ncc2c1CCC[C@H]2N[C@H]1CCN(c2ccccc2F)C1=O. The number of carbonyl (C=O) groups excluding carboxylic acids is 1. The van der Waals surface area contributed by atoms with Crippen molar-refractivity contribution in [2.75, 3.05) is 11.4 Å². The predicted octanol–water partition coefficient (Wildman–Crippen LogP) is 2.81. The number of rotatable bonds is 4. The van der Waals surface area contributed by atoms with Crippen LogP contribution in [0.2, 0.25) is 0 Å². The van der Waals surface area contributed by atoms with Crippen LogP contribution in [0.4, 0.5) is 10.1 Å². The standard InChI is InChI=1S/C19H23FN4O/c1-2-24-17-9-5-7-15(13(17)12-21-24)22-16-10-11-23(19(16)25)18-8-4-3-6-14(18)20/h3-4,6,8,12,15-16,22H,2,5,7,9-11H2,1H3/t15-,16+/m1/s1. The lowest BCUT2D eigenvalue weighted by Gasteiger charge is -2.27. The number of hydrogen-bond donors (Lipinski definition) is 1. The minimum atomic E-state index is -0.347. The molecule has 132 valence electrons. The van der Waals surface area contributed by atoms with Crippen molar-refractivity contribution in [3.8, 4) is 0 Å². The molecule has 6 heteroatoms. The molecule has 0 saturated carbocycles. The number of aromatic nitrogens is 2. The Bertz CT molecular complexity index is 787. The molecule has 4 rings (SSSR count). The number of aryl methyl sites for hydroxylation is 1. The summed E-state index contributed by atoms with van der Waals surface area (Å²) >= 11 is 0. The number of amides is 1. The molecule has 1 N–H and O–H groups in total. The van der Waals surface area contributed by atoms with E-state index >= 15 is 0 Å². The van der Waals surface area contributed by atoms with Gasteiger partial charge in [0, 0.05) is 30.4 Å². The van der Waals surface area contributed by atoms with Crippen molar-refractivity contribution in [1.29, 1.82) is 0 Å². The molecule has 2 aliphatic rings. The Labute approximate surface area is 146 Å². The minimum Gasteiger partial charge on any atom is -0.308 e. The number of fused-ring (bicyclic) bond motifs is 1. The third-order valence-electron chi connectivity index (χ3n) is 5.31. The van der Waals surface area contributed by atoms with E-state index in [1.54, 1.807) is 23.1 Å². The monoisotopic (exact) mass is 342 g/mol. The van der Waals surface area contributed by atoms with Crippen LogP contribution in [0.25, 0.3) is 0 Å². The molecule has 1 aromatic heterocycles. The Kier molecular flexibility index (Phi) is 4.29. The van der Waals surface area contributed by atoms with E-state index in [0.717, 1.165) is 25.8 Å². The van der Waals surface area contributed by atoms with Crippen molar-refractivity contribution >= 4 is 11.6 Å². The highest BCUT2D eigenvalue weighted by atomic mass is 19.1. The van der Waals surface area contributed by atoms with E-state index in [0.29, 0.717) is 18.7 Å². The molecule has 1 aliphatic heterocycles. The molecule has 1 amide bonds. The molecule has 0 bridgehead atoms. The lowest BCUT2D eigenvalue weighted by atomic mass is 9.92. The summed E-state index contributed by atoms with van der Waals surface area (Å²) in [6.07, 6.45) is 5.77. The van der Waals surface area contributed by atoms with E-state index in [2.05, 4.69) is 17.3 Å². The van der Waals surface area contributed by atoms with Crippen LogP contribution in [0.3, 0.4) is 0 Å². The Balaban J connectivity index is 1.51. The van der Waals surface area contributed by atoms with Gasteiger partial charge in [-0.25, -0.2) is 4.39 Å². The molecular weight excluding hydrogens is 319 g/mol. The van der Waals surface area contributed by atoms with Gasteiger partial charge in [-0.3, -0.25) is 14.8 Å². The van der Waals surface area contributed by atoms with Crippen LogP contribution in [0.5, 0.6) is 0 Å². The van der Waals surface area contributed by atoms with Gasteiger partial charge in [0.1, 0.15) is 5.82 Å². The minimum absolute atomic E-state index is 0.0416. The van der Waals surface area contributed by atoms with Crippen molar-refractivity contribution in [1.82, 2.24) is 15.1 Å². The number of nitrogens with zero attached hydrogens (tertiary/aromatic N) is 3. The topological polar surface area (TPSA) is 50.2 Å². The largest absolute Gasteiger partial charge is 0.308 e. The van der Waals surface area contributed by atoms with Crippen LogP contribution in [0.15, 0.2) is 30.5 Å². The number of halogens is 1. The second-order valence-corrected chi connectivity index (χ2v) is 6.76. The molecular formula is C19H23FN4O. The number of anilines is 1. The van der Waals surface area contributed by atoms with Crippen LogP contribution in [-0.2, 0) is 17.8 Å². The van der Waals surface area contributed by atoms with Crippen molar-refractivity contribution in [2.24, 2.45) is 0 Å². The van der Waals surface area contributed by atoms with Gasteiger partial charge in [0.25, 0.3) is 0 Å². The summed E-state index contributed by atoms with van der Waals surface area (Å²) in [5, 5.41) is 7.98. The normalized spacial score (nSPS) is 23.1. The van der Waals surface area contributed by atoms with Gasteiger partial charge in [-0.05, 0) is 44.7 Å². The maximum Gasteiger partial charge on any atom is 0.244 e. The van der Waals surface area contributed by atoms with Crippen molar-refractivity contribution in [3.63, 3.8) is 0 Å². The molecule has 0 radical (unpaired) electrons. The van der Waals surface area contributed by atoms with E-state index in [1.807, 2.05) is 10.9 Å². The average molecular weight is 342 g/mol. The Morgan fingerprint density at radius 1 is 1.28 bits per heavy atom. The summed E-state index contributed by atoms with van der Waals surface area (Å²) in [6.45, 7) is 3.51. The quantitative estimate of drug-likeness (QED) is 0.929. The highest BCUT2D eigenvalue weighted by Gasteiger charge is 2.36. The number of benzene rings is 1. The van der Waals surface area contributed by atoms with Crippen molar-refractivity contribution in [3.05, 3.63) is 47.5 Å². The predicted molar refractivity (Wildman–Crippen MR) is 93.9 cm³/mol. The number of para-hydroxylation sites is 1. The molecule has 2 atom stereocenters. The van der Waals surface area contributed by atoms with Gasteiger partial charge in [-0.2, -0.15) is 5.10 Å². The lowest BCUT2D eigenvalue weighted by molar-refractivity contribution is -0.119. The van der Waals surface area contributed by atoms with E-state index in [1.165, 1.54) is 17.3 Å². The molecule has 5 nitrogen and oxygen atoms in total. The van der Waals surface area contributed by atoms with Gasteiger partial charge >= 0.3 is 0 Å². The fourth-order valence-corrected chi connectivity index (χ4v) is 4.05. The molecule has 1 aliphatic carbocycles. The van der Waals surface area contributed by atoms with Crippen molar-refractivity contribution in [2.45, 2.75) is 51.2 Å². The van der Waals surface area contributed by atoms with Crippen LogP contribution >= 0.6 is 0 Å². The Morgan fingerprint density at radius 3 is 2.92 bits per heavy atom. The first-order chi connectivity index (χ1) is 12.2. The second kappa shape index (κ2) is 6.59. The van der Waals surface area contributed by atoms with Crippen LogP contribution in [0, 0.1) is 5.82 Å². The molecule has 1 aromatic carbocycles. The maximum atomic E-state index is 14.0. The van der Waals surface area contributed by atoms with Gasteiger partial charge in [-0.1, -0.05) is 12.1 Å². The Morgan fingerprint density at radius 2 is 2.12 bits per heavy atom. The molecule has 2 aromatic rings. The highest BCUT2D eigenvalue weighted by Crippen LogP contribution is 2.32. The second-order valence-electron chi connectivity index (χ2n) is 6.76. The van der Waals surface area contributed by atoms with Gasteiger partial charge in [0.2, 0.25) is 5.91 Å². The first-order valence-corrected chi connectivity index (χ1v) is 9.05. The summed E-state index contributed by atoms with van der Waals surface area (Å²) < 4.78 is 16.1. The van der Waals surface area contributed by atoms with Crippen LogP contribution < -0.4 is 10.2 Å². The summed E-state index contributed by atoms with van der Waals surface area (Å²) in [4.78, 5) is 14.3. The van der Waals surface area contributed by atoms with E-state index < -0.39 is 0 Å². The number of hydrogen-bond acceptors (Lipinski definition) is 3. The summed E-state index contributed by atoms with van der Waals surface area (Å²) in [5.74, 6) is -0.388. The summed E-state index contributed by atoms with van der Waals surface area (Å²) in [5.41, 5.74) is 2.87. The summed E-state index contributed by atoms with van der Waals surface area (Å²) in [7, 11) is 0. The fraction of sp³-hybridized carbons (Fsp3) is 0.474. The van der Waals surface area contributed by atoms with Crippen LogP contribution in [0.1, 0.15) is 43.5 Å². The fourth-order valence-electron chi connectivity index (χ4n) is 4.05. The Hall–Kier alpha value is -2.21. The molecule has 0 spiro atoms. The zero-order valence-electron chi connectivity index (χ0n) is 14.4. The zero-order valence-corrected chi connectivity index (χ0v) is 14.4. The van der Waals surface area contributed by atoms with E-state index in [4.69, 9.17) is 0 Å².